The van der Waals surface area contributed by atoms with Crippen molar-refractivity contribution in [3.63, 3.8) is 0 Å². The third-order valence-corrected chi connectivity index (χ3v) is 4.18. The first-order chi connectivity index (χ1) is 11.7. The second-order valence-electron chi connectivity index (χ2n) is 6.04. The zero-order valence-electron chi connectivity index (χ0n) is 14.0. The van der Waals surface area contributed by atoms with E-state index in [0.29, 0.717) is 6.54 Å². The molecule has 3 nitrogen and oxygen atoms in total. The fourth-order valence-electron chi connectivity index (χ4n) is 2.84. The third kappa shape index (κ3) is 3.63. The van der Waals surface area contributed by atoms with E-state index in [9.17, 15) is 0 Å². The Morgan fingerprint density at radius 2 is 1.92 bits per heavy atom. The molecule has 0 spiro atoms. The molecule has 1 aliphatic rings. The molecule has 3 rings (SSSR count). The summed E-state index contributed by atoms with van der Waals surface area (Å²) in [5.41, 5.74) is 13.6. The van der Waals surface area contributed by atoms with Gasteiger partial charge in [0.05, 0.1) is 5.71 Å². The zero-order valence-corrected chi connectivity index (χ0v) is 14.0. The average Bonchev–Trinajstić information content (AvgIpc) is 3.11. The highest BCUT2D eigenvalue weighted by atomic mass is 14.9. The molecule has 122 valence electrons. The number of rotatable bonds is 6. The molecule has 0 saturated heterocycles. The molecule has 0 unspecified atom stereocenters. The van der Waals surface area contributed by atoms with Crippen LogP contribution in [0.2, 0.25) is 0 Å². The van der Waals surface area contributed by atoms with E-state index in [1.54, 1.807) is 0 Å². The van der Waals surface area contributed by atoms with Crippen molar-refractivity contribution in [1.29, 1.82) is 0 Å². The number of hydrogen-bond acceptors (Lipinski definition) is 3. The van der Waals surface area contributed by atoms with Crippen LogP contribution in [0.5, 0.6) is 0 Å². The second-order valence-corrected chi connectivity index (χ2v) is 6.04. The predicted octanol–water partition coefficient (Wildman–Crippen LogP) is 4.64. The molecule has 3 N–H and O–H groups in total. The van der Waals surface area contributed by atoms with E-state index in [1.807, 2.05) is 6.20 Å². The Kier molecular flexibility index (Phi) is 4.92. The molecule has 2 aromatic rings. The number of aryl methyl sites for hydroxylation is 1. The zero-order chi connectivity index (χ0) is 16.9. The van der Waals surface area contributed by atoms with Gasteiger partial charge < -0.3 is 11.1 Å². The molecule has 2 aromatic carbocycles. The maximum absolute atomic E-state index is 5.55. The lowest BCUT2D eigenvalue weighted by atomic mass is 9.96. The van der Waals surface area contributed by atoms with Crippen LogP contribution in [-0.2, 0) is 0 Å². The molecule has 0 atom stereocenters. The lowest BCUT2D eigenvalue weighted by Gasteiger charge is -2.12. The summed E-state index contributed by atoms with van der Waals surface area (Å²) in [6, 6.07) is 15.0. The quantitative estimate of drug-likeness (QED) is 0.815. The van der Waals surface area contributed by atoms with Crippen molar-refractivity contribution in [3.05, 3.63) is 78.1 Å². The molecule has 0 saturated carbocycles. The van der Waals surface area contributed by atoms with Crippen LogP contribution in [0.15, 0.2) is 72.0 Å². The summed E-state index contributed by atoms with van der Waals surface area (Å²) in [5.74, 6) is 0. The van der Waals surface area contributed by atoms with E-state index in [-0.39, 0.29) is 0 Å². The highest BCUT2D eigenvalue weighted by Gasteiger charge is 2.09. The first-order valence-electron chi connectivity index (χ1n) is 8.25. The second kappa shape index (κ2) is 7.28. The number of nitrogens with zero attached hydrogens (tertiary/aromatic N) is 1. The van der Waals surface area contributed by atoms with Crippen LogP contribution in [0.3, 0.4) is 0 Å². The number of hydrogen-bond donors (Lipinski definition) is 2. The Hall–Kier alpha value is -2.65. The molecule has 3 heteroatoms. The Morgan fingerprint density at radius 3 is 2.58 bits per heavy atom. The van der Waals surface area contributed by atoms with Gasteiger partial charge >= 0.3 is 0 Å². The number of benzene rings is 2. The molecule has 0 amide bonds. The van der Waals surface area contributed by atoms with E-state index in [2.05, 4.69) is 72.4 Å². The standard InChI is InChI=1S/C21H23N3/c1-15-5-6-18(21-4-3-13-23-21)14-20(15)17-7-9-19(10-8-17)24-16(2)11-12-22/h3,5-10,13-14,24H,2,4,11-12,22H2,1H3. The lowest BCUT2D eigenvalue weighted by molar-refractivity contribution is 0.959. The summed E-state index contributed by atoms with van der Waals surface area (Å²) < 4.78 is 0. The van der Waals surface area contributed by atoms with Crippen LogP contribution in [0.25, 0.3) is 11.1 Å². The summed E-state index contributed by atoms with van der Waals surface area (Å²) in [4.78, 5) is 4.44. The molecule has 0 radical (unpaired) electrons. The van der Waals surface area contributed by atoms with Gasteiger partial charge in [0.2, 0.25) is 0 Å². The van der Waals surface area contributed by atoms with Crippen LogP contribution >= 0.6 is 0 Å². The minimum absolute atomic E-state index is 0.606. The third-order valence-electron chi connectivity index (χ3n) is 4.18. The van der Waals surface area contributed by atoms with Crippen LogP contribution < -0.4 is 11.1 Å². The molecule has 0 bridgehead atoms. The van der Waals surface area contributed by atoms with Gasteiger partial charge in [0, 0.05) is 24.0 Å². The van der Waals surface area contributed by atoms with E-state index in [0.717, 1.165) is 29.9 Å². The largest absolute Gasteiger partial charge is 0.359 e. The van der Waals surface area contributed by atoms with E-state index in [4.69, 9.17) is 5.73 Å². The maximum Gasteiger partial charge on any atom is 0.0514 e. The van der Waals surface area contributed by atoms with Gasteiger partial charge in [0.1, 0.15) is 0 Å². The molecule has 0 aromatic heterocycles. The number of nitrogens with two attached hydrogens (primary N) is 1. The lowest BCUT2D eigenvalue weighted by Crippen LogP contribution is -2.05. The molecule has 1 heterocycles. The van der Waals surface area contributed by atoms with Gasteiger partial charge in [0.25, 0.3) is 0 Å². The van der Waals surface area contributed by atoms with Crippen molar-refractivity contribution in [2.45, 2.75) is 19.8 Å². The van der Waals surface area contributed by atoms with Crippen molar-refractivity contribution < 1.29 is 0 Å². The van der Waals surface area contributed by atoms with E-state index in [1.165, 1.54) is 22.3 Å². The topological polar surface area (TPSA) is 50.4 Å². The Balaban J connectivity index is 1.83. The van der Waals surface area contributed by atoms with Gasteiger partial charge in [-0.25, -0.2) is 0 Å². The van der Waals surface area contributed by atoms with E-state index < -0.39 is 0 Å². The highest BCUT2D eigenvalue weighted by molar-refractivity contribution is 6.04. The number of nitrogens with one attached hydrogen (secondary N) is 1. The monoisotopic (exact) mass is 317 g/mol. The van der Waals surface area contributed by atoms with E-state index >= 15 is 0 Å². The molecule has 1 aliphatic heterocycles. The molecule has 24 heavy (non-hydrogen) atoms. The van der Waals surface area contributed by atoms with Crippen LogP contribution in [-0.4, -0.2) is 12.3 Å². The predicted molar refractivity (Wildman–Crippen MR) is 103 cm³/mol. The number of allylic oxidation sites excluding steroid dienone is 1. The van der Waals surface area contributed by atoms with Gasteiger partial charge in [-0.3, -0.25) is 4.99 Å². The Labute approximate surface area is 143 Å². The number of anilines is 1. The fourth-order valence-corrected chi connectivity index (χ4v) is 2.84. The first-order valence-corrected chi connectivity index (χ1v) is 8.25. The van der Waals surface area contributed by atoms with Crippen molar-refractivity contribution in [1.82, 2.24) is 0 Å². The summed E-state index contributed by atoms with van der Waals surface area (Å²) in [5, 5.41) is 3.29. The minimum atomic E-state index is 0.606. The summed E-state index contributed by atoms with van der Waals surface area (Å²) in [7, 11) is 0. The average molecular weight is 317 g/mol. The van der Waals surface area contributed by atoms with Crippen LogP contribution in [0.1, 0.15) is 24.0 Å². The van der Waals surface area contributed by atoms with Crippen LogP contribution in [0, 0.1) is 6.92 Å². The SMILES string of the molecule is C=C(CCN)Nc1ccc(-c2cc(C3=NC=CC3)ccc2C)cc1. The van der Waals surface area contributed by atoms with Gasteiger partial charge in [-0.15, -0.1) is 0 Å². The van der Waals surface area contributed by atoms with Gasteiger partial charge in [0.15, 0.2) is 0 Å². The van der Waals surface area contributed by atoms with Gasteiger partial charge in [-0.1, -0.05) is 36.9 Å². The first kappa shape index (κ1) is 16.2. The van der Waals surface area contributed by atoms with Crippen molar-refractivity contribution in [2.24, 2.45) is 10.7 Å². The summed E-state index contributed by atoms with van der Waals surface area (Å²) in [6.45, 7) is 6.73. The van der Waals surface area contributed by atoms with Gasteiger partial charge in [-0.2, -0.15) is 0 Å². The Morgan fingerprint density at radius 1 is 1.17 bits per heavy atom. The smallest absolute Gasteiger partial charge is 0.0514 e. The molecule has 0 aliphatic carbocycles. The van der Waals surface area contributed by atoms with Crippen molar-refractivity contribution >= 4 is 11.4 Å². The van der Waals surface area contributed by atoms with Crippen LogP contribution in [0.4, 0.5) is 5.69 Å². The molecular weight excluding hydrogens is 294 g/mol. The van der Waals surface area contributed by atoms with Gasteiger partial charge in [-0.05, 0) is 60.3 Å². The minimum Gasteiger partial charge on any atom is -0.359 e. The molecular formula is C21H23N3. The fraction of sp³-hybridized carbons (Fsp3) is 0.190. The maximum atomic E-state index is 5.55. The molecule has 0 fully saturated rings. The summed E-state index contributed by atoms with van der Waals surface area (Å²) in [6.07, 6.45) is 5.65. The summed E-state index contributed by atoms with van der Waals surface area (Å²) >= 11 is 0. The number of aliphatic imine (C=N–C) groups is 1. The Bertz CT molecular complexity index is 798. The highest BCUT2D eigenvalue weighted by Crippen LogP contribution is 2.27. The van der Waals surface area contributed by atoms with Crippen molar-refractivity contribution in [2.75, 3.05) is 11.9 Å². The van der Waals surface area contributed by atoms with Crippen molar-refractivity contribution in [3.8, 4) is 11.1 Å². The normalized spacial score (nSPS) is 13.0.